The summed E-state index contributed by atoms with van der Waals surface area (Å²) in [7, 11) is 0. The van der Waals surface area contributed by atoms with Gasteiger partial charge in [-0.15, -0.1) is 11.3 Å². The third-order valence-corrected chi connectivity index (χ3v) is 8.80. The van der Waals surface area contributed by atoms with Gasteiger partial charge in [0.15, 0.2) is 5.76 Å². The zero-order valence-corrected chi connectivity index (χ0v) is 20.2. The molecule has 4 heterocycles. The van der Waals surface area contributed by atoms with Crippen LogP contribution in [0.5, 0.6) is 0 Å². The largest absolute Gasteiger partial charge is 0.389 e. The molecule has 0 amide bonds. The second-order valence-electron chi connectivity index (χ2n) is 9.72. The van der Waals surface area contributed by atoms with Crippen LogP contribution in [-0.4, -0.2) is 40.8 Å². The van der Waals surface area contributed by atoms with Crippen LogP contribution in [0.15, 0.2) is 16.8 Å². The second-order valence-corrected chi connectivity index (χ2v) is 10.9. The van der Waals surface area contributed by atoms with Gasteiger partial charge in [0, 0.05) is 35.8 Å². The van der Waals surface area contributed by atoms with Gasteiger partial charge >= 0.3 is 0 Å². The Morgan fingerprint density at radius 3 is 3.00 bits per heavy atom. The van der Waals surface area contributed by atoms with Gasteiger partial charge in [-0.2, -0.15) is 5.26 Å². The maximum absolute atomic E-state index is 9.91. The Morgan fingerprint density at radius 1 is 1.29 bits per heavy atom. The summed E-state index contributed by atoms with van der Waals surface area (Å²) in [6, 6.07) is 4.64. The topological polar surface area (TPSA) is 117 Å². The van der Waals surface area contributed by atoms with Gasteiger partial charge in [0.05, 0.1) is 16.7 Å². The van der Waals surface area contributed by atoms with E-state index in [1.165, 1.54) is 4.88 Å². The SMILES string of the molecule is C[C@H]1CNCCCN1c1nccc(-c2noc3c2CCC[C@@]32CCCc3sc(N)c(C#N)c32)n1. The summed E-state index contributed by atoms with van der Waals surface area (Å²) in [6.07, 6.45) is 8.76. The van der Waals surface area contributed by atoms with Crippen molar-refractivity contribution in [3.63, 3.8) is 0 Å². The zero-order chi connectivity index (χ0) is 23.3. The van der Waals surface area contributed by atoms with Crippen LogP contribution in [0, 0.1) is 11.3 Å². The van der Waals surface area contributed by atoms with Crippen molar-refractivity contribution in [1.29, 1.82) is 5.26 Å². The van der Waals surface area contributed by atoms with Crippen molar-refractivity contribution in [2.24, 2.45) is 0 Å². The van der Waals surface area contributed by atoms with E-state index in [9.17, 15) is 5.26 Å². The van der Waals surface area contributed by atoms with E-state index in [1.807, 2.05) is 12.3 Å². The molecule has 3 aromatic heterocycles. The number of nitrogen functional groups attached to an aromatic ring is 1. The summed E-state index contributed by atoms with van der Waals surface area (Å²) in [6.45, 7) is 5.06. The maximum Gasteiger partial charge on any atom is 0.226 e. The molecule has 3 aliphatic rings. The first-order valence-corrected chi connectivity index (χ1v) is 13.1. The number of anilines is 2. The van der Waals surface area contributed by atoms with E-state index in [0.717, 1.165) is 98.8 Å². The minimum Gasteiger partial charge on any atom is -0.389 e. The van der Waals surface area contributed by atoms with Gasteiger partial charge in [0.25, 0.3) is 0 Å². The third-order valence-electron chi connectivity index (χ3n) is 7.73. The molecular weight excluding hydrogens is 446 g/mol. The highest BCUT2D eigenvalue weighted by Crippen LogP contribution is 2.55. The molecule has 0 bridgehead atoms. The van der Waals surface area contributed by atoms with Crippen LogP contribution in [0.2, 0.25) is 0 Å². The van der Waals surface area contributed by atoms with Crippen molar-refractivity contribution in [3.8, 4) is 17.5 Å². The van der Waals surface area contributed by atoms with Gasteiger partial charge in [0.1, 0.15) is 16.8 Å². The Labute approximate surface area is 203 Å². The lowest BCUT2D eigenvalue weighted by Crippen LogP contribution is -2.38. The third kappa shape index (κ3) is 3.23. The number of thiophene rings is 1. The van der Waals surface area contributed by atoms with Crippen LogP contribution in [0.3, 0.4) is 0 Å². The molecule has 1 saturated heterocycles. The van der Waals surface area contributed by atoms with E-state index in [1.54, 1.807) is 11.3 Å². The van der Waals surface area contributed by atoms with Crippen molar-refractivity contribution in [2.75, 3.05) is 30.3 Å². The number of nitrogens with one attached hydrogen (secondary N) is 1. The predicted molar refractivity (Wildman–Crippen MR) is 132 cm³/mol. The zero-order valence-electron chi connectivity index (χ0n) is 19.4. The molecular formula is C25H29N7OS. The van der Waals surface area contributed by atoms with E-state index in [0.29, 0.717) is 16.6 Å². The summed E-state index contributed by atoms with van der Waals surface area (Å²) < 4.78 is 6.15. The standard InChI is InChI=1S/C25H29N7OS/c1-15-14-28-10-4-12-32(15)24-29-11-7-18(30-24)21-16-5-2-8-25(22(16)33-31-21)9-3-6-19-20(25)17(13-26)23(27)34-19/h7,11,15,28H,2-6,8-10,12,14,27H2,1H3/t15-,25-/m0/s1. The fourth-order valence-electron chi connectivity index (χ4n) is 6.17. The van der Waals surface area contributed by atoms with Crippen LogP contribution in [0.1, 0.15) is 66.4 Å². The average Bonchev–Trinajstić information content (AvgIpc) is 3.36. The number of rotatable bonds is 2. The van der Waals surface area contributed by atoms with Crippen LogP contribution in [-0.2, 0) is 18.3 Å². The van der Waals surface area contributed by atoms with Crippen molar-refractivity contribution in [2.45, 2.75) is 63.3 Å². The van der Waals surface area contributed by atoms with Crippen LogP contribution >= 0.6 is 11.3 Å². The van der Waals surface area contributed by atoms with E-state index in [-0.39, 0.29) is 5.41 Å². The van der Waals surface area contributed by atoms with E-state index < -0.39 is 0 Å². The van der Waals surface area contributed by atoms with Crippen molar-refractivity contribution in [1.82, 2.24) is 20.4 Å². The number of hydrogen-bond acceptors (Lipinski definition) is 9. The Bertz CT molecular complexity index is 1270. The van der Waals surface area contributed by atoms with Crippen LogP contribution < -0.4 is 16.0 Å². The summed E-state index contributed by atoms with van der Waals surface area (Å²) in [5.74, 6) is 1.66. The Balaban J connectivity index is 1.44. The van der Waals surface area contributed by atoms with Gasteiger partial charge < -0.3 is 20.5 Å². The molecule has 0 radical (unpaired) electrons. The van der Waals surface area contributed by atoms with Crippen LogP contribution in [0.4, 0.5) is 10.9 Å². The van der Waals surface area contributed by atoms with Gasteiger partial charge in [-0.1, -0.05) is 5.16 Å². The molecule has 2 atom stereocenters. The summed E-state index contributed by atoms with van der Waals surface area (Å²) in [5.41, 5.74) is 10.4. The molecule has 176 valence electrons. The van der Waals surface area contributed by atoms with Crippen molar-refractivity contribution < 1.29 is 4.52 Å². The second kappa shape index (κ2) is 8.36. The first kappa shape index (κ1) is 21.6. The molecule has 1 fully saturated rings. The quantitative estimate of drug-likeness (QED) is 0.575. The maximum atomic E-state index is 9.91. The van der Waals surface area contributed by atoms with Crippen molar-refractivity contribution >= 4 is 22.3 Å². The highest BCUT2D eigenvalue weighted by Gasteiger charge is 2.48. The lowest BCUT2D eigenvalue weighted by Gasteiger charge is -2.39. The average molecular weight is 476 g/mol. The van der Waals surface area contributed by atoms with E-state index in [4.69, 9.17) is 15.2 Å². The van der Waals surface area contributed by atoms with Gasteiger partial charge in [0.2, 0.25) is 5.95 Å². The van der Waals surface area contributed by atoms with Gasteiger partial charge in [-0.05, 0) is 70.0 Å². The van der Waals surface area contributed by atoms with Gasteiger partial charge in [-0.25, -0.2) is 9.97 Å². The monoisotopic (exact) mass is 475 g/mol. The highest BCUT2D eigenvalue weighted by atomic mass is 32.1. The molecule has 9 heteroatoms. The molecule has 2 aliphatic carbocycles. The van der Waals surface area contributed by atoms with E-state index in [2.05, 4.69) is 33.4 Å². The molecule has 6 rings (SSSR count). The molecule has 8 nitrogen and oxygen atoms in total. The molecule has 0 saturated carbocycles. The number of aryl methyl sites for hydroxylation is 1. The molecule has 0 unspecified atom stereocenters. The number of fused-ring (bicyclic) bond motifs is 4. The molecule has 1 aliphatic heterocycles. The Morgan fingerprint density at radius 2 is 2.15 bits per heavy atom. The molecule has 34 heavy (non-hydrogen) atoms. The normalized spacial score (nSPS) is 24.4. The smallest absolute Gasteiger partial charge is 0.226 e. The minimum absolute atomic E-state index is 0.313. The minimum atomic E-state index is -0.313. The number of nitrogens with zero attached hydrogens (tertiary/aromatic N) is 5. The molecule has 3 aromatic rings. The lowest BCUT2D eigenvalue weighted by molar-refractivity contribution is 0.265. The number of aromatic nitrogens is 3. The Hall–Kier alpha value is -2.96. The highest BCUT2D eigenvalue weighted by molar-refractivity contribution is 7.16. The first-order valence-electron chi connectivity index (χ1n) is 12.2. The summed E-state index contributed by atoms with van der Waals surface area (Å²) in [5, 5.41) is 18.6. The lowest BCUT2D eigenvalue weighted by atomic mass is 9.63. The molecule has 0 aromatic carbocycles. The first-order chi connectivity index (χ1) is 16.6. The summed E-state index contributed by atoms with van der Waals surface area (Å²) in [4.78, 5) is 13.1. The fraction of sp³-hybridized carbons (Fsp3) is 0.520. The van der Waals surface area contributed by atoms with E-state index >= 15 is 0 Å². The number of nitrogens with two attached hydrogens (primary N) is 1. The summed E-state index contributed by atoms with van der Waals surface area (Å²) >= 11 is 1.57. The number of nitriles is 1. The number of hydrogen-bond donors (Lipinski definition) is 2. The van der Waals surface area contributed by atoms with Crippen molar-refractivity contribution in [3.05, 3.63) is 39.6 Å². The predicted octanol–water partition coefficient (Wildman–Crippen LogP) is 3.79. The Kier molecular flexibility index (Phi) is 5.30. The molecule has 3 N–H and O–H groups in total. The van der Waals surface area contributed by atoms with Gasteiger partial charge in [-0.3, -0.25) is 0 Å². The molecule has 1 spiro atoms. The van der Waals surface area contributed by atoms with Crippen LogP contribution in [0.25, 0.3) is 11.4 Å². The fourth-order valence-corrected chi connectivity index (χ4v) is 7.34.